The van der Waals surface area contributed by atoms with E-state index >= 15 is 0 Å². The zero-order valence-electron chi connectivity index (χ0n) is 15.8. The van der Waals surface area contributed by atoms with Crippen LogP contribution in [0.25, 0.3) is 0 Å². The fourth-order valence-corrected chi connectivity index (χ4v) is 3.30. The lowest BCUT2D eigenvalue weighted by atomic mass is 10.1. The summed E-state index contributed by atoms with van der Waals surface area (Å²) in [5.41, 5.74) is 0.513. The maximum Gasteiger partial charge on any atom is 0.262 e. The van der Waals surface area contributed by atoms with Crippen LogP contribution in [0.15, 0.2) is 48.5 Å². The van der Waals surface area contributed by atoms with Crippen molar-refractivity contribution in [3.05, 3.63) is 59.9 Å². The van der Waals surface area contributed by atoms with E-state index in [1.54, 1.807) is 36.4 Å². The molecule has 3 rings (SSSR count). The van der Waals surface area contributed by atoms with Crippen LogP contribution in [0, 0.1) is 11.7 Å². The summed E-state index contributed by atoms with van der Waals surface area (Å²) in [5, 5.41) is 5.61. The van der Waals surface area contributed by atoms with Crippen LogP contribution in [0.1, 0.15) is 16.8 Å². The first-order chi connectivity index (χ1) is 13.6. The molecule has 0 radical (unpaired) electrons. The Bertz CT molecular complexity index is 843. The molecule has 1 aliphatic rings. The van der Waals surface area contributed by atoms with E-state index in [-0.39, 0.29) is 18.2 Å². The fraction of sp³-hybridized carbons (Fsp3) is 0.333. The summed E-state index contributed by atoms with van der Waals surface area (Å²) in [4.78, 5) is 26.8. The average Bonchev–Trinajstić information content (AvgIpc) is 3.17. The number of amides is 2. The number of nitrogens with one attached hydrogen (secondary N) is 2. The number of carbonyl (C=O) groups excluding carboxylic acids is 2. The van der Waals surface area contributed by atoms with Gasteiger partial charge >= 0.3 is 0 Å². The number of halogens is 1. The zero-order chi connectivity index (χ0) is 19.9. The summed E-state index contributed by atoms with van der Waals surface area (Å²) >= 11 is 0. The zero-order valence-corrected chi connectivity index (χ0v) is 15.8. The molecule has 1 fully saturated rings. The molecular weight excluding hydrogens is 361 g/mol. The molecule has 7 heteroatoms. The highest BCUT2D eigenvalue weighted by Crippen LogP contribution is 2.24. The Morgan fingerprint density at radius 3 is 2.71 bits per heavy atom. The van der Waals surface area contributed by atoms with Gasteiger partial charge in [0.05, 0.1) is 11.3 Å². The van der Waals surface area contributed by atoms with Gasteiger partial charge in [-0.15, -0.1) is 0 Å². The second kappa shape index (κ2) is 9.32. The molecule has 148 valence electrons. The maximum absolute atomic E-state index is 13.6. The van der Waals surface area contributed by atoms with Gasteiger partial charge in [0.25, 0.3) is 11.8 Å². The van der Waals surface area contributed by atoms with E-state index < -0.39 is 11.7 Å². The van der Waals surface area contributed by atoms with Gasteiger partial charge in [0, 0.05) is 13.1 Å². The van der Waals surface area contributed by atoms with Gasteiger partial charge in [-0.2, -0.15) is 0 Å². The molecule has 0 aliphatic carbocycles. The van der Waals surface area contributed by atoms with Gasteiger partial charge in [-0.05, 0) is 50.2 Å². The van der Waals surface area contributed by atoms with Crippen LogP contribution in [-0.2, 0) is 4.79 Å². The van der Waals surface area contributed by atoms with Crippen LogP contribution in [0.4, 0.5) is 10.1 Å². The summed E-state index contributed by atoms with van der Waals surface area (Å²) in [6.45, 7) is 1.95. The number of para-hydroxylation sites is 2. The highest BCUT2D eigenvalue weighted by atomic mass is 19.1. The standard InChI is InChI=1S/C21H24FN3O3/c1-23-12-15-10-11-25(13-15)21(27)16-6-2-5-9-19(16)28-14-20(26)24-18-8-4-3-7-17(18)22/h2-9,15,23H,10-14H2,1H3,(H,24,26). The largest absolute Gasteiger partial charge is 0.483 e. The molecule has 2 aromatic rings. The van der Waals surface area contributed by atoms with E-state index in [9.17, 15) is 14.0 Å². The number of hydrogen-bond donors (Lipinski definition) is 2. The average molecular weight is 385 g/mol. The van der Waals surface area contributed by atoms with Crippen LogP contribution >= 0.6 is 0 Å². The third-order valence-electron chi connectivity index (χ3n) is 4.69. The van der Waals surface area contributed by atoms with Crippen molar-refractivity contribution >= 4 is 17.5 Å². The Balaban J connectivity index is 1.62. The third-order valence-corrected chi connectivity index (χ3v) is 4.69. The first-order valence-electron chi connectivity index (χ1n) is 9.28. The molecule has 2 amide bonds. The molecule has 1 atom stereocenters. The van der Waals surface area contributed by atoms with Crippen molar-refractivity contribution < 1.29 is 18.7 Å². The molecule has 1 saturated heterocycles. The van der Waals surface area contributed by atoms with Crippen molar-refractivity contribution in [2.75, 3.05) is 38.6 Å². The van der Waals surface area contributed by atoms with E-state index in [1.807, 2.05) is 11.9 Å². The Morgan fingerprint density at radius 1 is 1.18 bits per heavy atom. The number of carbonyl (C=O) groups is 2. The van der Waals surface area contributed by atoms with E-state index in [0.29, 0.717) is 30.3 Å². The Hall–Kier alpha value is -2.93. The predicted octanol–water partition coefficient (Wildman–Crippen LogP) is 2.52. The number of anilines is 1. The number of rotatable bonds is 7. The van der Waals surface area contributed by atoms with Gasteiger partial charge in [-0.1, -0.05) is 24.3 Å². The molecule has 6 nitrogen and oxygen atoms in total. The second-order valence-corrected chi connectivity index (χ2v) is 6.78. The highest BCUT2D eigenvalue weighted by molar-refractivity contribution is 5.97. The van der Waals surface area contributed by atoms with E-state index in [1.165, 1.54) is 12.1 Å². The summed E-state index contributed by atoms with van der Waals surface area (Å²) < 4.78 is 19.2. The molecule has 0 bridgehead atoms. The molecule has 0 spiro atoms. The number of hydrogen-bond acceptors (Lipinski definition) is 4. The van der Waals surface area contributed by atoms with Gasteiger partial charge in [-0.3, -0.25) is 9.59 Å². The quantitative estimate of drug-likeness (QED) is 0.768. The Labute approximate surface area is 163 Å². The number of ether oxygens (including phenoxy) is 1. The van der Waals surface area contributed by atoms with Crippen LogP contribution in [0.3, 0.4) is 0 Å². The molecular formula is C21H24FN3O3. The van der Waals surface area contributed by atoms with Crippen molar-refractivity contribution in [3.63, 3.8) is 0 Å². The van der Waals surface area contributed by atoms with Crippen molar-refractivity contribution in [2.45, 2.75) is 6.42 Å². The van der Waals surface area contributed by atoms with Gasteiger partial charge < -0.3 is 20.3 Å². The monoisotopic (exact) mass is 385 g/mol. The van der Waals surface area contributed by atoms with Crippen LogP contribution in [0.5, 0.6) is 5.75 Å². The first-order valence-corrected chi connectivity index (χ1v) is 9.28. The van der Waals surface area contributed by atoms with Crippen molar-refractivity contribution in [3.8, 4) is 5.75 Å². The SMILES string of the molecule is CNCC1CCN(C(=O)c2ccccc2OCC(=O)Nc2ccccc2F)C1. The van der Waals surface area contributed by atoms with E-state index in [0.717, 1.165) is 13.0 Å². The first kappa shape index (κ1) is 19.8. The predicted molar refractivity (Wildman–Crippen MR) is 105 cm³/mol. The topological polar surface area (TPSA) is 70.7 Å². The molecule has 2 aromatic carbocycles. The van der Waals surface area contributed by atoms with Crippen molar-refractivity contribution in [1.29, 1.82) is 0 Å². The smallest absolute Gasteiger partial charge is 0.262 e. The highest BCUT2D eigenvalue weighted by Gasteiger charge is 2.28. The second-order valence-electron chi connectivity index (χ2n) is 6.78. The minimum atomic E-state index is -0.517. The number of nitrogens with zero attached hydrogens (tertiary/aromatic N) is 1. The molecule has 28 heavy (non-hydrogen) atoms. The normalized spacial score (nSPS) is 16.1. The lowest BCUT2D eigenvalue weighted by Crippen LogP contribution is -2.31. The molecule has 1 heterocycles. The number of benzene rings is 2. The molecule has 1 aliphatic heterocycles. The third kappa shape index (κ3) is 4.86. The molecule has 2 N–H and O–H groups in total. The van der Waals surface area contributed by atoms with Crippen LogP contribution in [-0.4, -0.2) is 50.0 Å². The lowest BCUT2D eigenvalue weighted by Gasteiger charge is -2.19. The van der Waals surface area contributed by atoms with Crippen molar-refractivity contribution in [1.82, 2.24) is 10.2 Å². The number of likely N-dealkylation sites (tertiary alicyclic amines) is 1. The Morgan fingerprint density at radius 2 is 1.93 bits per heavy atom. The fourth-order valence-electron chi connectivity index (χ4n) is 3.30. The van der Waals surface area contributed by atoms with Gasteiger partial charge in [-0.25, -0.2) is 4.39 Å². The van der Waals surface area contributed by atoms with E-state index in [4.69, 9.17) is 4.74 Å². The van der Waals surface area contributed by atoms with Gasteiger partial charge in [0.1, 0.15) is 11.6 Å². The molecule has 0 aromatic heterocycles. The summed E-state index contributed by atoms with van der Waals surface area (Å²) in [6.07, 6.45) is 0.959. The minimum Gasteiger partial charge on any atom is -0.483 e. The lowest BCUT2D eigenvalue weighted by molar-refractivity contribution is -0.118. The van der Waals surface area contributed by atoms with Crippen LogP contribution in [0.2, 0.25) is 0 Å². The van der Waals surface area contributed by atoms with Crippen molar-refractivity contribution in [2.24, 2.45) is 5.92 Å². The summed E-state index contributed by atoms with van der Waals surface area (Å²) in [7, 11) is 1.90. The van der Waals surface area contributed by atoms with E-state index in [2.05, 4.69) is 10.6 Å². The minimum absolute atomic E-state index is 0.0908. The maximum atomic E-state index is 13.6. The molecule has 1 unspecified atom stereocenters. The van der Waals surface area contributed by atoms with Gasteiger partial charge in [0.15, 0.2) is 6.61 Å². The Kier molecular flexibility index (Phi) is 6.60. The summed E-state index contributed by atoms with van der Waals surface area (Å²) in [6, 6.07) is 12.8. The molecule has 0 saturated carbocycles. The van der Waals surface area contributed by atoms with Crippen LogP contribution < -0.4 is 15.4 Å². The van der Waals surface area contributed by atoms with Gasteiger partial charge in [0.2, 0.25) is 0 Å². The summed E-state index contributed by atoms with van der Waals surface area (Å²) in [5.74, 6) is -0.343.